The molecule has 0 heterocycles. The van der Waals surface area contributed by atoms with Crippen molar-refractivity contribution in [3.05, 3.63) is 72.4 Å². The molecule has 2 N–H and O–H groups in total. The van der Waals surface area contributed by atoms with Crippen LogP contribution in [0.15, 0.2) is 71.9 Å². The molecule has 0 atom stereocenters. The van der Waals surface area contributed by atoms with Crippen molar-refractivity contribution in [2.24, 2.45) is 10.9 Å². The molecule has 2 rings (SSSR count). The zero-order valence-corrected chi connectivity index (χ0v) is 10.6. The summed E-state index contributed by atoms with van der Waals surface area (Å²) in [6.07, 6.45) is 12.9. The van der Waals surface area contributed by atoms with Crippen LogP contribution in [0.1, 0.15) is 12.0 Å². The number of nitrogens with zero attached hydrogens (tertiary/aromatic N) is 1. The van der Waals surface area contributed by atoms with E-state index in [1.807, 2.05) is 30.3 Å². The van der Waals surface area contributed by atoms with Gasteiger partial charge in [-0.3, -0.25) is 0 Å². The highest BCUT2D eigenvalue weighted by molar-refractivity contribution is 5.88. The molecule has 1 aromatic rings. The molecule has 19 heavy (non-hydrogen) atoms. The molecule has 0 unspecified atom stereocenters. The standard InChI is InChI=1S/C16H16N2O/c1-2-16(18-17)19-15-10-8-14(9-11-15)12-13-6-4-3-5-7-13/h2-6,8-12H,1,7,17H2. The molecular formula is C16H16N2O. The van der Waals surface area contributed by atoms with E-state index < -0.39 is 0 Å². The van der Waals surface area contributed by atoms with E-state index in [4.69, 9.17) is 10.6 Å². The number of hydrazone groups is 1. The molecule has 0 amide bonds. The first-order valence-corrected chi connectivity index (χ1v) is 6.04. The third-order valence-corrected chi connectivity index (χ3v) is 2.67. The summed E-state index contributed by atoms with van der Waals surface area (Å²) in [7, 11) is 0. The van der Waals surface area contributed by atoms with Gasteiger partial charge in [0.1, 0.15) is 5.75 Å². The summed E-state index contributed by atoms with van der Waals surface area (Å²) >= 11 is 0. The van der Waals surface area contributed by atoms with Crippen molar-refractivity contribution < 1.29 is 4.74 Å². The lowest BCUT2D eigenvalue weighted by molar-refractivity contribution is 0.552. The van der Waals surface area contributed by atoms with E-state index in [1.54, 1.807) is 0 Å². The summed E-state index contributed by atoms with van der Waals surface area (Å²) in [6.45, 7) is 3.56. The monoisotopic (exact) mass is 252 g/mol. The summed E-state index contributed by atoms with van der Waals surface area (Å²) < 4.78 is 5.42. The van der Waals surface area contributed by atoms with Gasteiger partial charge in [-0.15, -0.1) is 5.10 Å². The number of ether oxygens (including phenoxy) is 1. The van der Waals surface area contributed by atoms with Crippen LogP contribution in [-0.2, 0) is 0 Å². The summed E-state index contributed by atoms with van der Waals surface area (Å²) in [5.74, 6) is 6.14. The predicted octanol–water partition coefficient (Wildman–Crippen LogP) is 3.42. The quantitative estimate of drug-likeness (QED) is 0.388. The molecule has 1 aromatic carbocycles. The maximum absolute atomic E-state index is 5.42. The lowest BCUT2D eigenvalue weighted by atomic mass is 10.0. The molecule has 0 aromatic heterocycles. The summed E-state index contributed by atoms with van der Waals surface area (Å²) in [5, 5.41) is 3.47. The highest BCUT2D eigenvalue weighted by Crippen LogP contribution is 2.18. The van der Waals surface area contributed by atoms with Gasteiger partial charge in [-0.2, -0.15) is 0 Å². The fourth-order valence-electron chi connectivity index (χ4n) is 1.72. The summed E-state index contributed by atoms with van der Waals surface area (Å²) in [6, 6.07) is 7.74. The Morgan fingerprint density at radius 3 is 2.63 bits per heavy atom. The Morgan fingerprint density at radius 1 is 1.26 bits per heavy atom. The van der Waals surface area contributed by atoms with Crippen molar-refractivity contribution in [3.63, 3.8) is 0 Å². The van der Waals surface area contributed by atoms with Gasteiger partial charge in [0.25, 0.3) is 0 Å². The molecule has 3 heteroatoms. The van der Waals surface area contributed by atoms with Crippen molar-refractivity contribution in [3.8, 4) is 5.75 Å². The Morgan fingerprint density at radius 2 is 2.05 bits per heavy atom. The third kappa shape index (κ3) is 3.71. The van der Waals surface area contributed by atoms with Gasteiger partial charge in [0.15, 0.2) is 0 Å². The van der Waals surface area contributed by atoms with Gasteiger partial charge in [-0.05, 0) is 35.8 Å². The number of hydrogen-bond donors (Lipinski definition) is 1. The zero-order chi connectivity index (χ0) is 13.5. The number of benzene rings is 1. The van der Waals surface area contributed by atoms with Gasteiger partial charge < -0.3 is 10.6 Å². The van der Waals surface area contributed by atoms with Gasteiger partial charge in [-0.1, -0.05) is 49.1 Å². The minimum atomic E-state index is 0.298. The van der Waals surface area contributed by atoms with Crippen LogP contribution in [0.3, 0.4) is 0 Å². The fourth-order valence-corrected chi connectivity index (χ4v) is 1.72. The molecule has 0 fully saturated rings. The molecule has 0 aliphatic heterocycles. The summed E-state index contributed by atoms with van der Waals surface area (Å²) in [5.41, 5.74) is 2.42. The number of nitrogens with two attached hydrogens (primary N) is 1. The Hall–Kier alpha value is -2.55. The zero-order valence-electron chi connectivity index (χ0n) is 10.6. The second kappa shape index (κ2) is 6.40. The van der Waals surface area contributed by atoms with Crippen molar-refractivity contribution in [2.75, 3.05) is 0 Å². The van der Waals surface area contributed by atoms with E-state index in [-0.39, 0.29) is 0 Å². The second-order valence-corrected chi connectivity index (χ2v) is 4.05. The molecule has 0 saturated heterocycles. The van der Waals surface area contributed by atoms with E-state index in [2.05, 4.69) is 36.0 Å². The smallest absolute Gasteiger partial charge is 0.235 e. The van der Waals surface area contributed by atoms with Crippen LogP contribution in [0.5, 0.6) is 5.75 Å². The van der Waals surface area contributed by atoms with Crippen LogP contribution < -0.4 is 10.6 Å². The largest absolute Gasteiger partial charge is 0.438 e. The molecule has 0 radical (unpaired) electrons. The molecule has 96 valence electrons. The first-order valence-electron chi connectivity index (χ1n) is 6.04. The second-order valence-electron chi connectivity index (χ2n) is 4.05. The van der Waals surface area contributed by atoms with E-state index in [0.29, 0.717) is 11.6 Å². The highest BCUT2D eigenvalue weighted by atomic mass is 16.5. The van der Waals surface area contributed by atoms with Crippen molar-refractivity contribution in [1.82, 2.24) is 0 Å². The summed E-state index contributed by atoms with van der Waals surface area (Å²) in [4.78, 5) is 0. The molecule has 1 aliphatic carbocycles. The van der Waals surface area contributed by atoms with Crippen LogP contribution in [0.4, 0.5) is 0 Å². The molecule has 0 spiro atoms. The lowest BCUT2D eigenvalue weighted by Gasteiger charge is -2.05. The van der Waals surface area contributed by atoms with E-state index >= 15 is 0 Å². The first-order chi connectivity index (χ1) is 9.31. The molecule has 3 nitrogen and oxygen atoms in total. The molecule has 0 saturated carbocycles. The number of allylic oxidation sites excluding steroid dienone is 5. The Labute approximate surface area is 113 Å². The maximum Gasteiger partial charge on any atom is 0.235 e. The Bertz CT molecular complexity index is 563. The average molecular weight is 252 g/mol. The Balaban J connectivity index is 2.08. The van der Waals surface area contributed by atoms with Crippen LogP contribution >= 0.6 is 0 Å². The topological polar surface area (TPSA) is 47.6 Å². The van der Waals surface area contributed by atoms with Crippen LogP contribution in [0.25, 0.3) is 6.08 Å². The van der Waals surface area contributed by atoms with Gasteiger partial charge >= 0.3 is 0 Å². The van der Waals surface area contributed by atoms with Crippen molar-refractivity contribution in [1.29, 1.82) is 0 Å². The van der Waals surface area contributed by atoms with Gasteiger partial charge in [0, 0.05) is 0 Å². The van der Waals surface area contributed by atoms with Crippen LogP contribution in [0.2, 0.25) is 0 Å². The fraction of sp³-hybridized carbons (Fsp3) is 0.0625. The number of rotatable bonds is 3. The van der Waals surface area contributed by atoms with E-state index in [1.165, 1.54) is 11.6 Å². The molecular weight excluding hydrogens is 236 g/mol. The minimum Gasteiger partial charge on any atom is -0.438 e. The van der Waals surface area contributed by atoms with Crippen molar-refractivity contribution in [2.45, 2.75) is 6.42 Å². The third-order valence-electron chi connectivity index (χ3n) is 2.67. The molecule has 0 bridgehead atoms. The Kier molecular flexibility index (Phi) is 4.34. The maximum atomic E-state index is 5.42. The average Bonchev–Trinajstić information content (AvgIpc) is 2.47. The highest BCUT2D eigenvalue weighted by Gasteiger charge is 1.99. The lowest BCUT2D eigenvalue weighted by Crippen LogP contribution is -2.07. The van der Waals surface area contributed by atoms with E-state index in [9.17, 15) is 0 Å². The molecule has 1 aliphatic rings. The first kappa shape index (κ1) is 12.9. The van der Waals surface area contributed by atoms with Gasteiger partial charge in [0.2, 0.25) is 5.90 Å². The normalized spacial score (nSPS) is 16.6. The van der Waals surface area contributed by atoms with Crippen LogP contribution in [-0.4, -0.2) is 5.90 Å². The van der Waals surface area contributed by atoms with Gasteiger partial charge in [-0.25, -0.2) is 0 Å². The van der Waals surface area contributed by atoms with E-state index in [0.717, 1.165) is 12.0 Å². The minimum absolute atomic E-state index is 0.298. The number of hydrogen-bond acceptors (Lipinski definition) is 3. The predicted molar refractivity (Wildman–Crippen MR) is 79.8 cm³/mol. The SMILES string of the molecule is C=CC(=NN)Oc1ccc(C=C2C=CC=CC2)cc1. The van der Waals surface area contributed by atoms with Crippen molar-refractivity contribution >= 4 is 12.0 Å². The van der Waals surface area contributed by atoms with Gasteiger partial charge in [0.05, 0.1) is 0 Å². The van der Waals surface area contributed by atoms with Crippen LogP contribution in [0, 0.1) is 0 Å².